The molecule has 1 rings (SSSR count). The second kappa shape index (κ2) is 5.71. The Bertz CT molecular complexity index is 374. The van der Waals surface area contributed by atoms with Crippen LogP contribution in [0.3, 0.4) is 0 Å². The van der Waals surface area contributed by atoms with Gasteiger partial charge in [0.15, 0.2) is 0 Å². The number of hydrogen-bond acceptors (Lipinski definition) is 3. The Balaban J connectivity index is 2.65. The summed E-state index contributed by atoms with van der Waals surface area (Å²) in [5.74, 6) is 0.883. The first kappa shape index (κ1) is 13.6. The van der Waals surface area contributed by atoms with Gasteiger partial charge in [-0.3, -0.25) is 0 Å². The monoisotopic (exact) mass is 235 g/mol. The SMILES string of the molecule is CON=C(C)c1ccc(OCC(C)(C)C)cc1. The molecule has 17 heavy (non-hydrogen) atoms. The lowest BCUT2D eigenvalue weighted by Gasteiger charge is -2.18. The van der Waals surface area contributed by atoms with Gasteiger partial charge in [0.05, 0.1) is 12.3 Å². The van der Waals surface area contributed by atoms with Gasteiger partial charge in [0.2, 0.25) is 0 Å². The maximum atomic E-state index is 5.69. The Morgan fingerprint density at radius 2 is 1.76 bits per heavy atom. The summed E-state index contributed by atoms with van der Waals surface area (Å²) in [5.41, 5.74) is 2.07. The van der Waals surface area contributed by atoms with Gasteiger partial charge in [0, 0.05) is 0 Å². The number of rotatable bonds is 4. The van der Waals surface area contributed by atoms with Crippen molar-refractivity contribution in [1.82, 2.24) is 0 Å². The fourth-order valence-electron chi connectivity index (χ4n) is 1.28. The van der Waals surface area contributed by atoms with E-state index in [4.69, 9.17) is 9.57 Å². The van der Waals surface area contributed by atoms with Crippen molar-refractivity contribution in [3.63, 3.8) is 0 Å². The van der Waals surface area contributed by atoms with Crippen molar-refractivity contribution in [2.24, 2.45) is 10.6 Å². The molecule has 0 heterocycles. The summed E-state index contributed by atoms with van der Waals surface area (Å²) in [5, 5.41) is 3.89. The van der Waals surface area contributed by atoms with Crippen LogP contribution in [0.5, 0.6) is 5.75 Å². The molecule has 0 aliphatic carbocycles. The highest BCUT2D eigenvalue weighted by Crippen LogP contribution is 2.18. The van der Waals surface area contributed by atoms with Crippen molar-refractivity contribution in [2.45, 2.75) is 27.7 Å². The average Bonchev–Trinajstić information content (AvgIpc) is 2.26. The zero-order chi connectivity index (χ0) is 12.9. The lowest BCUT2D eigenvalue weighted by Crippen LogP contribution is -2.16. The predicted octanol–water partition coefficient (Wildman–Crippen LogP) is 3.48. The minimum Gasteiger partial charge on any atom is -0.493 e. The average molecular weight is 235 g/mol. The number of ether oxygens (including phenoxy) is 1. The molecular weight excluding hydrogens is 214 g/mol. The number of nitrogens with zero attached hydrogens (tertiary/aromatic N) is 1. The largest absolute Gasteiger partial charge is 0.493 e. The molecular formula is C14H21NO2. The Morgan fingerprint density at radius 3 is 2.24 bits per heavy atom. The van der Waals surface area contributed by atoms with E-state index in [-0.39, 0.29) is 5.41 Å². The van der Waals surface area contributed by atoms with E-state index in [1.54, 1.807) is 7.11 Å². The minimum atomic E-state index is 0.173. The van der Waals surface area contributed by atoms with Crippen LogP contribution in [-0.4, -0.2) is 19.4 Å². The Morgan fingerprint density at radius 1 is 1.18 bits per heavy atom. The van der Waals surface area contributed by atoms with E-state index in [0.717, 1.165) is 17.0 Å². The zero-order valence-electron chi connectivity index (χ0n) is 11.3. The maximum Gasteiger partial charge on any atom is 0.119 e. The molecule has 0 unspecified atom stereocenters. The highest BCUT2D eigenvalue weighted by atomic mass is 16.6. The molecule has 0 N–H and O–H groups in total. The zero-order valence-corrected chi connectivity index (χ0v) is 11.3. The van der Waals surface area contributed by atoms with Crippen LogP contribution in [0.1, 0.15) is 33.3 Å². The molecule has 3 heteroatoms. The molecule has 0 spiro atoms. The van der Waals surface area contributed by atoms with Crippen LogP contribution in [-0.2, 0) is 4.84 Å². The van der Waals surface area contributed by atoms with Gasteiger partial charge in [-0.05, 0) is 42.2 Å². The lowest BCUT2D eigenvalue weighted by atomic mass is 9.99. The van der Waals surface area contributed by atoms with Crippen LogP contribution in [0.25, 0.3) is 0 Å². The fraction of sp³-hybridized carbons (Fsp3) is 0.500. The van der Waals surface area contributed by atoms with Gasteiger partial charge < -0.3 is 9.57 Å². The van der Waals surface area contributed by atoms with Crippen molar-refractivity contribution < 1.29 is 9.57 Å². The topological polar surface area (TPSA) is 30.8 Å². The van der Waals surface area contributed by atoms with Crippen LogP contribution >= 0.6 is 0 Å². The van der Waals surface area contributed by atoms with E-state index in [9.17, 15) is 0 Å². The second-order valence-corrected chi connectivity index (χ2v) is 5.23. The standard InChI is InChI=1S/C14H21NO2/c1-11(15-16-5)12-6-8-13(9-7-12)17-10-14(2,3)4/h6-9H,10H2,1-5H3. The molecule has 0 aromatic heterocycles. The van der Waals surface area contributed by atoms with Gasteiger partial charge in [-0.25, -0.2) is 0 Å². The molecule has 0 amide bonds. The third-order valence-corrected chi connectivity index (χ3v) is 2.17. The normalized spacial score (nSPS) is 12.4. The molecule has 0 radical (unpaired) electrons. The molecule has 1 aromatic carbocycles. The van der Waals surface area contributed by atoms with E-state index in [0.29, 0.717) is 6.61 Å². The Kier molecular flexibility index (Phi) is 4.55. The van der Waals surface area contributed by atoms with Crippen LogP contribution in [0.4, 0.5) is 0 Å². The highest BCUT2D eigenvalue weighted by Gasteiger charge is 2.10. The molecule has 3 nitrogen and oxygen atoms in total. The third-order valence-electron chi connectivity index (χ3n) is 2.17. The lowest BCUT2D eigenvalue weighted by molar-refractivity contribution is 0.198. The van der Waals surface area contributed by atoms with Crippen LogP contribution in [0, 0.1) is 5.41 Å². The molecule has 0 saturated heterocycles. The summed E-state index contributed by atoms with van der Waals surface area (Å²) < 4.78 is 5.69. The van der Waals surface area contributed by atoms with Gasteiger partial charge >= 0.3 is 0 Å². The van der Waals surface area contributed by atoms with E-state index in [1.165, 1.54) is 0 Å². The molecule has 0 saturated carbocycles. The summed E-state index contributed by atoms with van der Waals surface area (Å²) in [6.45, 7) is 9.07. The summed E-state index contributed by atoms with van der Waals surface area (Å²) in [7, 11) is 1.55. The van der Waals surface area contributed by atoms with Crippen molar-refractivity contribution in [1.29, 1.82) is 0 Å². The molecule has 1 aromatic rings. The first-order valence-corrected chi connectivity index (χ1v) is 5.73. The van der Waals surface area contributed by atoms with E-state index < -0.39 is 0 Å². The first-order chi connectivity index (χ1) is 7.92. The molecule has 94 valence electrons. The van der Waals surface area contributed by atoms with Crippen LogP contribution in [0.2, 0.25) is 0 Å². The van der Waals surface area contributed by atoms with Gasteiger partial charge in [-0.15, -0.1) is 0 Å². The Labute approximate surface area is 103 Å². The number of hydrogen-bond donors (Lipinski definition) is 0. The molecule has 0 fully saturated rings. The van der Waals surface area contributed by atoms with Crippen LogP contribution < -0.4 is 4.74 Å². The maximum absolute atomic E-state index is 5.69. The number of benzene rings is 1. The van der Waals surface area contributed by atoms with E-state index >= 15 is 0 Å². The number of oxime groups is 1. The van der Waals surface area contributed by atoms with Crippen LogP contribution in [0.15, 0.2) is 29.4 Å². The van der Waals surface area contributed by atoms with Gasteiger partial charge in [-0.1, -0.05) is 25.9 Å². The molecule has 0 aliphatic rings. The second-order valence-electron chi connectivity index (χ2n) is 5.23. The van der Waals surface area contributed by atoms with Gasteiger partial charge in [-0.2, -0.15) is 0 Å². The molecule has 0 atom stereocenters. The summed E-state index contributed by atoms with van der Waals surface area (Å²) in [6.07, 6.45) is 0. The molecule has 0 bridgehead atoms. The fourth-order valence-corrected chi connectivity index (χ4v) is 1.28. The predicted molar refractivity (Wildman–Crippen MR) is 70.6 cm³/mol. The van der Waals surface area contributed by atoms with Gasteiger partial charge in [0.25, 0.3) is 0 Å². The highest BCUT2D eigenvalue weighted by molar-refractivity contribution is 5.98. The van der Waals surface area contributed by atoms with Crippen molar-refractivity contribution in [3.05, 3.63) is 29.8 Å². The smallest absolute Gasteiger partial charge is 0.119 e. The molecule has 0 aliphatic heterocycles. The summed E-state index contributed by atoms with van der Waals surface area (Å²) >= 11 is 0. The minimum absolute atomic E-state index is 0.173. The Hall–Kier alpha value is -1.51. The quantitative estimate of drug-likeness (QED) is 0.591. The summed E-state index contributed by atoms with van der Waals surface area (Å²) in [6, 6.07) is 7.87. The van der Waals surface area contributed by atoms with E-state index in [1.807, 2.05) is 31.2 Å². The van der Waals surface area contributed by atoms with Crippen molar-refractivity contribution in [2.75, 3.05) is 13.7 Å². The van der Waals surface area contributed by atoms with E-state index in [2.05, 4.69) is 25.9 Å². The van der Waals surface area contributed by atoms with Crippen molar-refractivity contribution >= 4 is 5.71 Å². The van der Waals surface area contributed by atoms with Gasteiger partial charge in [0.1, 0.15) is 12.9 Å². The first-order valence-electron chi connectivity index (χ1n) is 5.73. The summed E-state index contributed by atoms with van der Waals surface area (Å²) in [4.78, 5) is 4.74. The van der Waals surface area contributed by atoms with Crippen molar-refractivity contribution in [3.8, 4) is 5.75 Å². The third kappa shape index (κ3) is 4.89.